The average molecular weight is 472 g/mol. The molecule has 0 spiro atoms. The first-order chi connectivity index (χ1) is 14.0. The van der Waals surface area contributed by atoms with Gasteiger partial charge < -0.3 is 4.74 Å². The molecule has 29 heavy (non-hydrogen) atoms. The Hall–Kier alpha value is -2.63. The highest BCUT2D eigenvalue weighted by Gasteiger charge is 2.05. The van der Waals surface area contributed by atoms with Crippen LogP contribution in [0.15, 0.2) is 76.3 Å². The highest BCUT2D eigenvalue weighted by molar-refractivity contribution is 9.10. The van der Waals surface area contributed by atoms with Gasteiger partial charge in [0.05, 0.1) is 12.6 Å². The van der Waals surface area contributed by atoms with Gasteiger partial charge in [-0.15, -0.1) is 0 Å². The summed E-state index contributed by atoms with van der Waals surface area (Å²) in [5.41, 5.74) is 6.40. The molecule has 3 rings (SSSR count). The van der Waals surface area contributed by atoms with Gasteiger partial charge in [-0.05, 0) is 48.4 Å². The SMILES string of the molecule is Cc1ccc(COc2ccc(Cl)cc2/C=N\NC(=O)Cc2ccc(Br)cc2)cc1. The molecule has 0 atom stereocenters. The average Bonchev–Trinajstić information content (AvgIpc) is 2.70. The van der Waals surface area contributed by atoms with E-state index < -0.39 is 0 Å². The van der Waals surface area contributed by atoms with Crippen molar-refractivity contribution in [2.24, 2.45) is 5.10 Å². The van der Waals surface area contributed by atoms with Gasteiger partial charge in [0.2, 0.25) is 5.91 Å². The fourth-order valence-electron chi connectivity index (χ4n) is 2.60. The van der Waals surface area contributed by atoms with Crippen LogP contribution in [-0.2, 0) is 17.8 Å². The number of carbonyl (C=O) groups is 1. The molecule has 0 aliphatic heterocycles. The number of amides is 1. The van der Waals surface area contributed by atoms with Crippen LogP contribution >= 0.6 is 27.5 Å². The summed E-state index contributed by atoms with van der Waals surface area (Å²) < 4.78 is 6.89. The Kier molecular flexibility index (Phi) is 7.44. The highest BCUT2D eigenvalue weighted by atomic mass is 79.9. The molecule has 0 saturated carbocycles. The number of nitrogens with one attached hydrogen (secondary N) is 1. The molecule has 0 bridgehead atoms. The van der Waals surface area contributed by atoms with Crippen LogP contribution in [-0.4, -0.2) is 12.1 Å². The summed E-state index contributed by atoms with van der Waals surface area (Å²) in [6.45, 7) is 2.47. The molecule has 0 aliphatic rings. The molecule has 0 saturated heterocycles. The normalized spacial score (nSPS) is 10.9. The number of hydrogen-bond acceptors (Lipinski definition) is 3. The maximum absolute atomic E-state index is 12.1. The van der Waals surface area contributed by atoms with Crippen LogP contribution in [0.4, 0.5) is 0 Å². The van der Waals surface area contributed by atoms with Crippen LogP contribution in [0.25, 0.3) is 0 Å². The van der Waals surface area contributed by atoms with Crippen LogP contribution in [0, 0.1) is 6.92 Å². The van der Waals surface area contributed by atoms with Crippen molar-refractivity contribution in [2.75, 3.05) is 0 Å². The number of hydrogen-bond donors (Lipinski definition) is 1. The first-order valence-corrected chi connectivity index (χ1v) is 10.2. The molecule has 3 aromatic carbocycles. The zero-order valence-electron chi connectivity index (χ0n) is 15.9. The lowest BCUT2D eigenvalue weighted by atomic mass is 10.1. The molecule has 0 aliphatic carbocycles. The third-order valence-corrected chi connectivity index (χ3v) is 4.92. The Morgan fingerprint density at radius 3 is 2.48 bits per heavy atom. The highest BCUT2D eigenvalue weighted by Crippen LogP contribution is 2.22. The van der Waals surface area contributed by atoms with Crippen molar-refractivity contribution in [3.63, 3.8) is 0 Å². The fourth-order valence-corrected chi connectivity index (χ4v) is 3.04. The minimum absolute atomic E-state index is 0.201. The molecule has 1 amide bonds. The Morgan fingerprint density at radius 2 is 1.76 bits per heavy atom. The van der Waals surface area contributed by atoms with Gasteiger partial charge in [-0.25, -0.2) is 5.43 Å². The molecule has 0 aromatic heterocycles. The number of aryl methyl sites for hydroxylation is 1. The number of rotatable bonds is 7. The monoisotopic (exact) mass is 470 g/mol. The molecule has 148 valence electrons. The second-order valence-corrected chi connectivity index (χ2v) is 7.90. The predicted molar refractivity (Wildman–Crippen MR) is 121 cm³/mol. The van der Waals surface area contributed by atoms with Crippen LogP contribution in [0.5, 0.6) is 5.75 Å². The van der Waals surface area contributed by atoms with Gasteiger partial charge in [0.25, 0.3) is 0 Å². The molecule has 0 heterocycles. The van der Waals surface area contributed by atoms with Crippen LogP contribution in [0.2, 0.25) is 5.02 Å². The molecule has 0 fully saturated rings. The van der Waals surface area contributed by atoms with E-state index in [2.05, 4.69) is 26.5 Å². The summed E-state index contributed by atoms with van der Waals surface area (Å²) in [4.78, 5) is 12.1. The maximum Gasteiger partial charge on any atom is 0.244 e. The van der Waals surface area contributed by atoms with Gasteiger partial charge in [-0.2, -0.15) is 5.10 Å². The molecule has 6 heteroatoms. The summed E-state index contributed by atoms with van der Waals surface area (Å²) in [7, 11) is 0. The number of ether oxygens (including phenoxy) is 1. The number of nitrogens with zero attached hydrogens (tertiary/aromatic N) is 1. The molecule has 0 unspecified atom stereocenters. The van der Waals surface area contributed by atoms with Crippen molar-refractivity contribution >= 4 is 39.7 Å². The van der Waals surface area contributed by atoms with E-state index in [9.17, 15) is 4.79 Å². The number of halogens is 2. The second kappa shape index (κ2) is 10.2. The lowest BCUT2D eigenvalue weighted by molar-refractivity contribution is -0.120. The number of benzene rings is 3. The molecule has 3 aromatic rings. The molecular weight excluding hydrogens is 452 g/mol. The van der Waals surface area contributed by atoms with E-state index in [1.807, 2.05) is 55.5 Å². The van der Waals surface area contributed by atoms with E-state index in [1.54, 1.807) is 18.2 Å². The van der Waals surface area contributed by atoms with Gasteiger partial charge in [-0.1, -0.05) is 69.5 Å². The van der Waals surface area contributed by atoms with Crippen LogP contribution in [0.3, 0.4) is 0 Å². The Morgan fingerprint density at radius 1 is 1.07 bits per heavy atom. The minimum atomic E-state index is -0.201. The largest absolute Gasteiger partial charge is 0.488 e. The van der Waals surface area contributed by atoms with Crippen molar-refractivity contribution in [2.45, 2.75) is 20.0 Å². The number of carbonyl (C=O) groups excluding carboxylic acids is 1. The van der Waals surface area contributed by atoms with Gasteiger partial charge in [0.1, 0.15) is 12.4 Å². The van der Waals surface area contributed by atoms with Crippen molar-refractivity contribution < 1.29 is 9.53 Å². The van der Waals surface area contributed by atoms with Gasteiger partial charge in [0.15, 0.2) is 0 Å². The minimum Gasteiger partial charge on any atom is -0.488 e. The van der Waals surface area contributed by atoms with E-state index in [0.717, 1.165) is 15.6 Å². The predicted octanol–water partition coefficient (Wildman–Crippen LogP) is 5.68. The summed E-state index contributed by atoms with van der Waals surface area (Å²) in [6.07, 6.45) is 1.78. The summed E-state index contributed by atoms with van der Waals surface area (Å²) in [5.74, 6) is 0.439. The lowest BCUT2D eigenvalue weighted by Gasteiger charge is -2.10. The topological polar surface area (TPSA) is 50.7 Å². The van der Waals surface area contributed by atoms with E-state index in [-0.39, 0.29) is 12.3 Å². The van der Waals surface area contributed by atoms with E-state index in [0.29, 0.717) is 22.9 Å². The first-order valence-electron chi connectivity index (χ1n) is 9.04. The Labute approximate surface area is 183 Å². The van der Waals surface area contributed by atoms with Crippen molar-refractivity contribution in [1.29, 1.82) is 0 Å². The molecule has 4 nitrogen and oxygen atoms in total. The third-order valence-electron chi connectivity index (χ3n) is 4.16. The third kappa shape index (κ3) is 6.73. The van der Waals surface area contributed by atoms with Crippen molar-refractivity contribution in [3.8, 4) is 5.75 Å². The van der Waals surface area contributed by atoms with Gasteiger partial charge >= 0.3 is 0 Å². The van der Waals surface area contributed by atoms with Crippen LogP contribution in [0.1, 0.15) is 22.3 Å². The van der Waals surface area contributed by atoms with Crippen molar-refractivity contribution in [1.82, 2.24) is 5.43 Å². The summed E-state index contributed by atoms with van der Waals surface area (Å²) in [6, 6.07) is 21.0. The Bertz CT molecular complexity index is 1000. The molecular formula is C23H20BrClN2O2. The quantitative estimate of drug-likeness (QED) is 0.356. The zero-order valence-corrected chi connectivity index (χ0v) is 18.2. The summed E-state index contributed by atoms with van der Waals surface area (Å²) in [5, 5.41) is 4.62. The standard InChI is InChI=1S/C23H20BrClN2O2/c1-16-2-4-18(5-3-16)15-29-22-11-10-21(25)13-19(22)14-26-27-23(28)12-17-6-8-20(24)9-7-17/h2-11,13-14H,12,15H2,1H3,(H,27,28)/b26-14-. The summed E-state index contributed by atoms with van der Waals surface area (Å²) >= 11 is 9.48. The second-order valence-electron chi connectivity index (χ2n) is 6.55. The van der Waals surface area contributed by atoms with E-state index >= 15 is 0 Å². The lowest BCUT2D eigenvalue weighted by Crippen LogP contribution is -2.19. The maximum atomic E-state index is 12.1. The van der Waals surface area contributed by atoms with E-state index in [1.165, 1.54) is 11.8 Å². The first kappa shape index (κ1) is 21.1. The van der Waals surface area contributed by atoms with Gasteiger partial charge in [0, 0.05) is 15.1 Å². The smallest absolute Gasteiger partial charge is 0.244 e. The molecule has 0 radical (unpaired) electrons. The van der Waals surface area contributed by atoms with Gasteiger partial charge in [-0.3, -0.25) is 4.79 Å². The Balaban J connectivity index is 1.61. The fraction of sp³-hybridized carbons (Fsp3) is 0.130. The zero-order chi connectivity index (χ0) is 20.6. The number of hydrazone groups is 1. The van der Waals surface area contributed by atoms with Crippen molar-refractivity contribution in [3.05, 3.63) is 98.5 Å². The van der Waals surface area contributed by atoms with Crippen LogP contribution < -0.4 is 10.2 Å². The van der Waals surface area contributed by atoms with E-state index in [4.69, 9.17) is 16.3 Å². The molecule has 1 N–H and O–H groups in total.